The number of fused-ring (bicyclic) bond motifs is 1. The maximum atomic E-state index is 14.0. The minimum absolute atomic E-state index is 0.0781. The molecule has 1 heterocycles. The molecule has 1 aromatic heterocycles. The van der Waals surface area contributed by atoms with Gasteiger partial charge < -0.3 is 23.9 Å². The monoisotopic (exact) mass is 552 g/mol. The zero-order valence-corrected chi connectivity index (χ0v) is 22.7. The third-order valence-electron chi connectivity index (χ3n) is 6.20. The first-order valence-electron chi connectivity index (χ1n) is 11.8. The van der Waals surface area contributed by atoms with E-state index in [-0.39, 0.29) is 29.1 Å². The number of aromatic amines is 1. The average molecular weight is 553 g/mol. The van der Waals surface area contributed by atoms with Crippen molar-refractivity contribution in [3.05, 3.63) is 93.8 Å². The van der Waals surface area contributed by atoms with E-state index < -0.39 is 21.6 Å². The first-order valence-corrected chi connectivity index (χ1v) is 13.2. The number of pyridine rings is 1. The van der Waals surface area contributed by atoms with Gasteiger partial charge in [-0.2, -0.15) is 4.31 Å². The van der Waals surface area contributed by atoms with Crippen LogP contribution in [-0.2, 0) is 27.8 Å². The number of nitrogens with one attached hydrogen (secondary N) is 1. The van der Waals surface area contributed by atoms with Crippen molar-refractivity contribution < 1.29 is 32.2 Å². The SMILES string of the molecule is COC(=O)c1ccccc1S(=O)(=O)N(Cc1ccc(OC)cc1)Cc1cc2cc(OC)c(OC)cc2[nH]c1=O. The first-order chi connectivity index (χ1) is 18.7. The summed E-state index contributed by atoms with van der Waals surface area (Å²) in [4.78, 5) is 28.1. The third kappa shape index (κ3) is 5.74. The van der Waals surface area contributed by atoms with Gasteiger partial charge in [-0.3, -0.25) is 4.79 Å². The Morgan fingerprint density at radius 3 is 2.15 bits per heavy atom. The number of hydrogen-bond donors (Lipinski definition) is 1. The van der Waals surface area contributed by atoms with Crippen molar-refractivity contribution in [2.75, 3.05) is 28.4 Å². The summed E-state index contributed by atoms with van der Waals surface area (Å²) >= 11 is 0. The highest BCUT2D eigenvalue weighted by Gasteiger charge is 2.30. The lowest BCUT2D eigenvalue weighted by Gasteiger charge is -2.23. The predicted octanol–water partition coefficient (Wildman–Crippen LogP) is 3.73. The highest BCUT2D eigenvalue weighted by atomic mass is 32.2. The van der Waals surface area contributed by atoms with Crippen LogP contribution in [0.15, 0.2) is 76.4 Å². The Balaban J connectivity index is 1.83. The molecule has 0 bridgehead atoms. The summed E-state index contributed by atoms with van der Waals surface area (Å²) in [6.07, 6.45) is 0. The van der Waals surface area contributed by atoms with Crippen molar-refractivity contribution in [1.82, 2.24) is 9.29 Å². The lowest BCUT2D eigenvalue weighted by atomic mass is 10.1. The van der Waals surface area contributed by atoms with Gasteiger partial charge >= 0.3 is 5.97 Å². The fourth-order valence-electron chi connectivity index (χ4n) is 4.16. The number of rotatable bonds is 10. The molecule has 0 unspecified atom stereocenters. The number of nitrogens with zero attached hydrogens (tertiary/aromatic N) is 1. The van der Waals surface area contributed by atoms with E-state index >= 15 is 0 Å². The van der Waals surface area contributed by atoms with Gasteiger partial charge in [0.1, 0.15) is 5.75 Å². The van der Waals surface area contributed by atoms with Crippen molar-refractivity contribution in [2.24, 2.45) is 0 Å². The van der Waals surface area contributed by atoms with Crippen LogP contribution in [0.4, 0.5) is 0 Å². The zero-order chi connectivity index (χ0) is 28.2. The molecular formula is C28H28N2O8S. The minimum atomic E-state index is -4.29. The van der Waals surface area contributed by atoms with Crippen LogP contribution in [0, 0.1) is 0 Å². The minimum Gasteiger partial charge on any atom is -0.497 e. The van der Waals surface area contributed by atoms with Crippen LogP contribution in [0.2, 0.25) is 0 Å². The largest absolute Gasteiger partial charge is 0.497 e. The van der Waals surface area contributed by atoms with E-state index in [0.717, 1.165) is 4.31 Å². The number of benzene rings is 3. The van der Waals surface area contributed by atoms with E-state index in [9.17, 15) is 18.0 Å². The first kappa shape index (κ1) is 27.7. The Labute approximate surface area is 225 Å². The topological polar surface area (TPSA) is 124 Å². The number of H-pyrrole nitrogens is 1. The number of methoxy groups -OCH3 is 4. The van der Waals surface area contributed by atoms with E-state index in [0.29, 0.717) is 33.7 Å². The summed E-state index contributed by atoms with van der Waals surface area (Å²) in [5.74, 6) is 0.719. The second-order valence-electron chi connectivity index (χ2n) is 8.53. The van der Waals surface area contributed by atoms with Crippen molar-refractivity contribution in [3.63, 3.8) is 0 Å². The molecule has 0 atom stereocenters. The lowest BCUT2D eigenvalue weighted by Crippen LogP contribution is -2.33. The summed E-state index contributed by atoms with van der Waals surface area (Å²) in [6, 6.07) is 17.6. The van der Waals surface area contributed by atoms with Gasteiger partial charge in [-0.25, -0.2) is 13.2 Å². The van der Waals surface area contributed by atoms with Crippen LogP contribution in [0.1, 0.15) is 21.5 Å². The van der Waals surface area contributed by atoms with Gasteiger partial charge in [0.2, 0.25) is 10.0 Å². The van der Waals surface area contributed by atoms with E-state index in [1.807, 2.05) is 0 Å². The van der Waals surface area contributed by atoms with E-state index in [1.54, 1.807) is 48.5 Å². The van der Waals surface area contributed by atoms with E-state index in [1.165, 1.54) is 46.6 Å². The number of esters is 1. The molecule has 0 saturated heterocycles. The fraction of sp³-hybridized carbons (Fsp3) is 0.214. The van der Waals surface area contributed by atoms with Crippen LogP contribution >= 0.6 is 0 Å². The molecule has 0 fully saturated rings. The molecule has 0 aliphatic carbocycles. The summed E-state index contributed by atoms with van der Waals surface area (Å²) in [6.45, 7) is -0.352. The van der Waals surface area contributed by atoms with Crippen LogP contribution in [-0.4, -0.2) is 52.1 Å². The maximum absolute atomic E-state index is 14.0. The van der Waals surface area contributed by atoms with Crippen molar-refractivity contribution in [1.29, 1.82) is 0 Å². The van der Waals surface area contributed by atoms with Crippen LogP contribution < -0.4 is 19.8 Å². The molecule has 204 valence electrons. The van der Waals surface area contributed by atoms with E-state index in [2.05, 4.69) is 4.98 Å². The van der Waals surface area contributed by atoms with Gasteiger partial charge in [-0.15, -0.1) is 0 Å². The third-order valence-corrected chi connectivity index (χ3v) is 8.05. The molecule has 4 rings (SSSR count). The second kappa shape index (κ2) is 11.6. The lowest BCUT2D eigenvalue weighted by molar-refractivity contribution is 0.0596. The Kier molecular flexibility index (Phi) is 8.22. The number of sulfonamides is 1. The van der Waals surface area contributed by atoms with Gasteiger partial charge in [-0.05, 0) is 42.0 Å². The standard InChI is InChI=1S/C28H28N2O8S/c1-35-21-11-9-18(10-12-21)16-30(39(33,34)26-8-6-5-7-22(26)28(32)38-4)17-20-13-19-14-24(36-2)25(37-3)15-23(19)29-27(20)31/h5-15H,16-17H2,1-4H3,(H,29,31). The molecule has 0 amide bonds. The Hall–Kier alpha value is -4.35. The van der Waals surface area contributed by atoms with Gasteiger partial charge in [0.25, 0.3) is 5.56 Å². The molecule has 0 radical (unpaired) electrons. The smallest absolute Gasteiger partial charge is 0.339 e. The Morgan fingerprint density at radius 1 is 0.846 bits per heavy atom. The van der Waals surface area contributed by atoms with Crippen LogP contribution in [0.3, 0.4) is 0 Å². The quantitative estimate of drug-likeness (QED) is 0.295. The number of ether oxygens (including phenoxy) is 4. The molecule has 3 aromatic carbocycles. The maximum Gasteiger partial charge on any atom is 0.339 e. The molecule has 39 heavy (non-hydrogen) atoms. The Morgan fingerprint density at radius 2 is 1.51 bits per heavy atom. The molecule has 1 N–H and O–H groups in total. The molecule has 0 aliphatic heterocycles. The van der Waals surface area contributed by atoms with Crippen molar-refractivity contribution in [3.8, 4) is 17.2 Å². The van der Waals surface area contributed by atoms with Gasteiger partial charge in [0.05, 0.1) is 44.4 Å². The second-order valence-corrected chi connectivity index (χ2v) is 10.4. The van der Waals surface area contributed by atoms with Crippen molar-refractivity contribution >= 4 is 26.9 Å². The summed E-state index contributed by atoms with van der Waals surface area (Å²) < 4.78 is 49.9. The molecule has 4 aromatic rings. The van der Waals surface area contributed by atoms with Gasteiger partial charge in [0, 0.05) is 30.1 Å². The number of aromatic nitrogens is 1. The zero-order valence-electron chi connectivity index (χ0n) is 21.9. The average Bonchev–Trinajstić information content (AvgIpc) is 2.96. The molecule has 0 saturated carbocycles. The summed E-state index contributed by atoms with van der Waals surface area (Å²) in [5, 5.41) is 0.624. The fourth-order valence-corrected chi connectivity index (χ4v) is 5.74. The molecule has 0 spiro atoms. The molecule has 10 nitrogen and oxygen atoms in total. The molecule has 0 aliphatic rings. The highest BCUT2D eigenvalue weighted by molar-refractivity contribution is 7.89. The molecular weight excluding hydrogens is 524 g/mol. The number of hydrogen-bond acceptors (Lipinski definition) is 8. The number of carbonyl (C=O) groups is 1. The summed E-state index contributed by atoms with van der Waals surface area (Å²) in [5.41, 5.74) is 0.776. The summed E-state index contributed by atoms with van der Waals surface area (Å²) in [7, 11) is 1.41. The van der Waals surface area contributed by atoms with Gasteiger partial charge in [-0.1, -0.05) is 24.3 Å². The van der Waals surface area contributed by atoms with E-state index in [4.69, 9.17) is 18.9 Å². The van der Waals surface area contributed by atoms with Gasteiger partial charge in [0.15, 0.2) is 11.5 Å². The normalized spacial score (nSPS) is 11.4. The predicted molar refractivity (Wildman–Crippen MR) is 145 cm³/mol. The van der Waals surface area contributed by atoms with Crippen LogP contribution in [0.5, 0.6) is 17.2 Å². The Bertz CT molecular complexity index is 1660. The number of carbonyl (C=O) groups excluding carboxylic acids is 1. The van der Waals surface area contributed by atoms with Crippen molar-refractivity contribution in [2.45, 2.75) is 18.0 Å². The highest BCUT2D eigenvalue weighted by Crippen LogP contribution is 2.32. The molecule has 11 heteroatoms. The van der Waals surface area contributed by atoms with Crippen LogP contribution in [0.25, 0.3) is 10.9 Å².